The van der Waals surface area contributed by atoms with Gasteiger partial charge in [0, 0.05) is 39.0 Å². The van der Waals surface area contributed by atoms with E-state index in [1.165, 1.54) is 11.4 Å². The molecule has 210 valence electrons. The molecule has 0 radical (unpaired) electrons. The first-order chi connectivity index (χ1) is 18.7. The molecule has 2 heterocycles. The van der Waals surface area contributed by atoms with Crippen LogP contribution in [-0.2, 0) is 32.7 Å². The Labute approximate surface area is 230 Å². The Morgan fingerprint density at radius 3 is 2.51 bits per heavy atom. The van der Waals surface area contributed by atoms with Crippen LogP contribution in [0.5, 0.6) is 0 Å². The molecule has 11 heteroatoms. The summed E-state index contributed by atoms with van der Waals surface area (Å²) >= 11 is 0. The lowest BCUT2D eigenvalue weighted by molar-refractivity contribution is -0.136. The third-order valence-corrected chi connectivity index (χ3v) is 9.08. The van der Waals surface area contributed by atoms with Gasteiger partial charge in [-0.3, -0.25) is 4.79 Å². The second-order valence-electron chi connectivity index (χ2n) is 10.1. The molecule has 4 rings (SSSR count). The van der Waals surface area contributed by atoms with Crippen molar-refractivity contribution in [1.82, 2.24) is 24.2 Å². The normalized spacial score (nSPS) is 20.2. The molecule has 2 aromatic carbocycles. The van der Waals surface area contributed by atoms with Crippen LogP contribution in [0.3, 0.4) is 0 Å². The van der Waals surface area contributed by atoms with E-state index >= 15 is 0 Å². The zero-order valence-electron chi connectivity index (χ0n) is 22.7. The summed E-state index contributed by atoms with van der Waals surface area (Å²) in [4.78, 5) is 14.9. The molecule has 10 nitrogen and oxygen atoms in total. The number of sulfonamides is 1. The molecular weight excluding hydrogens is 518 g/mol. The molecule has 1 N–H and O–H groups in total. The van der Waals surface area contributed by atoms with Gasteiger partial charge in [0.15, 0.2) is 0 Å². The fourth-order valence-electron chi connectivity index (χ4n) is 4.73. The van der Waals surface area contributed by atoms with E-state index in [1.807, 2.05) is 37.3 Å². The second-order valence-corrected chi connectivity index (χ2v) is 12.2. The fourth-order valence-corrected chi connectivity index (χ4v) is 5.91. The third kappa shape index (κ3) is 6.91. The predicted octanol–water partition coefficient (Wildman–Crippen LogP) is 2.79. The van der Waals surface area contributed by atoms with Crippen molar-refractivity contribution in [2.75, 3.05) is 26.7 Å². The van der Waals surface area contributed by atoms with Gasteiger partial charge >= 0.3 is 0 Å². The maximum Gasteiger partial charge on any atom is 0.242 e. The van der Waals surface area contributed by atoms with Crippen LogP contribution in [0.2, 0.25) is 0 Å². The molecule has 0 bridgehead atoms. The number of likely N-dealkylation sites (N-methyl/N-ethyl adjacent to an activating group) is 1. The highest BCUT2D eigenvalue weighted by Gasteiger charge is 2.31. The molecule has 3 atom stereocenters. The van der Waals surface area contributed by atoms with Gasteiger partial charge in [-0.2, -0.15) is 4.31 Å². The maximum absolute atomic E-state index is 13.5. The van der Waals surface area contributed by atoms with E-state index in [2.05, 4.69) is 10.3 Å². The van der Waals surface area contributed by atoms with Crippen LogP contribution < -0.4 is 0 Å². The number of rotatable bonds is 7. The number of fused-ring (bicyclic) bond motifs is 1. The number of carbonyl (C=O) groups excluding carboxylic acids is 1. The average molecular weight is 556 g/mol. The van der Waals surface area contributed by atoms with Crippen LogP contribution >= 0.6 is 0 Å². The lowest BCUT2D eigenvalue weighted by Gasteiger charge is -2.35. The van der Waals surface area contributed by atoms with Crippen LogP contribution in [0.4, 0.5) is 0 Å². The summed E-state index contributed by atoms with van der Waals surface area (Å²) in [5, 5.41) is 17.9. The van der Waals surface area contributed by atoms with Crippen LogP contribution in [0.1, 0.15) is 32.4 Å². The molecule has 0 spiro atoms. The van der Waals surface area contributed by atoms with Gasteiger partial charge in [-0.15, -0.1) is 5.10 Å². The number of aliphatic hydroxyl groups is 1. The second kappa shape index (κ2) is 12.8. The molecule has 1 aliphatic heterocycles. The molecule has 0 aliphatic carbocycles. The maximum atomic E-state index is 13.5. The number of aliphatic hydroxyl groups excluding tert-OH is 1. The molecule has 3 aromatic rings. The van der Waals surface area contributed by atoms with E-state index in [4.69, 9.17) is 4.74 Å². The van der Waals surface area contributed by atoms with Gasteiger partial charge < -0.3 is 14.7 Å². The predicted molar refractivity (Wildman–Crippen MR) is 147 cm³/mol. The van der Waals surface area contributed by atoms with Crippen molar-refractivity contribution in [3.8, 4) is 11.1 Å². The Balaban J connectivity index is 1.56. The Bertz CT molecular complexity index is 1330. The molecule has 1 amide bonds. The number of amides is 1. The molecule has 0 saturated heterocycles. The Kier molecular flexibility index (Phi) is 9.49. The molecule has 39 heavy (non-hydrogen) atoms. The SMILES string of the molecule is C[C@H]1CN([C@@H](C)CO)C(=O)CCCn2nncc2CO[C@@H]1CN(C)S(=O)(=O)c1ccc(-c2ccccc2)cc1. The Morgan fingerprint density at radius 1 is 1.13 bits per heavy atom. The molecule has 1 aliphatic rings. The topological polar surface area (TPSA) is 118 Å². The first-order valence-corrected chi connectivity index (χ1v) is 14.7. The van der Waals surface area contributed by atoms with Gasteiger partial charge in [-0.05, 0) is 36.6 Å². The highest BCUT2D eigenvalue weighted by Crippen LogP contribution is 2.24. The first kappa shape index (κ1) is 28.9. The Morgan fingerprint density at radius 2 is 1.82 bits per heavy atom. The summed E-state index contributed by atoms with van der Waals surface area (Å²) < 4.78 is 36.3. The smallest absolute Gasteiger partial charge is 0.242 e. The zero-order valence-corrected chi connectivity index (χ0v) is 23.5. The number of benzene rings is 2. The number of carbonyl (C=O) groups is 1. The molecule has 0 fully saturated rings. The zero-order chi connectivity index (χ0) is 28.0. The number of hydrogen-bond donors (Lipinski definition) is 1. The lowest BCUT2D eigenvalue weighted by Crippen LogP contribution is -2.47. The van der Waals surface area contributed by atoms with Crippen LogP contribution in [0.25, 0.3) is 11.1 Å². The number of hydrogen-bond acceptors (Lipinski definition) is 7. The molecular formula is C28H37N5O5S. The van der Waals surface area contributed by atoms with Gasteiger partial charge in [0.2, 0.25) is 15.9 Å². The summed E-state index contributed by atoms with van der Waals surface area (Å²) in [5.74, 6) is -0.284. The van der Waals surface area contributed by atoms with E-state index in [0.29, 0.717) is 25.9 Å². The van der Waals surface area contributed by atoms with Crippen molar-refractivity contribution in [2.45, 2.75) is 56.9 Å². The summed E-state index contributed by atoms with van der Waals surface area (Å²) in [6, 6.07) is 16.3. The molecule has 1 aromatic heterocycles. The summed E-state index contributed by atoms with van der Waals surface area (Å²) in [6.07, 6.45) is 2.00. The standard InChI is InChI=1S/C28H37N5O5S/c1-21-17-32(22(2)19-34)28(35)10-7-15-33-25(16-29-30-33)20-38-27(21)18-31(3)39(36,37)26-13-11-24(12-14-26)23-8-5-4-6-9-23/h4-6,8-9,11-14,16,21-22,27,34H,7,10,15,17-20H2,1-3H3/t21-,22-,27+/m0/s1. The van der Waals surface area contributed by atoms with Crippen molar-refractivity contribution < 1.29 is 23.1 Å². The van der Waals surface area contributed by atoms with Gasteiger partial charge in [-0.25, -0.2) is 13.1 Å². The number of nitrogens with zero attached hydrogens (tertiary/aromatic N) is 5. The Hall–Kier alpha value is -3.12. The van der Waals surface area contributed by atoms with E-state index in [-0.39, 0.29) is 42.5 Å². The van der Waals surface area contributed by atoms with E-state index < -0.39 is 16.1 Å². The van der Waals surface area contributed by atoms with Gasteiger partial charge in [0.1, 0.15) is 0 Å². The van der Waals surface area contributed by atoms with Crippen LogP contribution in [0.15, 0.2) is 65.7 Å². The molecule has 0 unspecified atom stereocenters. The average Bonchev–Trinajstić information content (AvgIpc) is 3.40. The number of aryl methyl sites for hydroxylation is 1. The minimum Gasteiger partial charge on any atom is -0.394 e. The van der Waals surface area contributed by atoms with Crippen molar-refractivity contribution in [1.29, 1.82) is 0 Å². The molecule has 0 saturated carbocycles. The number of aromatic nitrogens is 3. The summed E-state index contributed by atoms with van der Waals surface area (Å²) in [5.41, 5.74) is 2.71. The minimum atomic E-state index is -3.80. The van der Waals surface area contributed by atoms with Gasteiger partial charge in [0.25, 0.3) is 0 Å². The highest BCUT2D eigenvalue weighted by molar-refractivity contribution is 7.89. The van der Waals surface area contributed by atoms with Gasteiger partial charge in [-0.1, -0.05) is 54.6 Å². The van der Waals surface area contributed by atoms with Crippen molar-refractivity contribution in [3.63, 3.8) is 0 Å². The van der Waals surface area contributed by atoms with Crippen LogP contribution in [-0.4, -0.2) is 82.5 Å². The van der Waals surface area contributed by atoms with E-state index in [0.717, 1.165) is 16.8 Å². The quantitative estimate of drug-likeness (QED) is 0.476. The van der Waals surface area contributed by atoms with Crippen molar-refractivity contribution >= 4 is 15.9 Å². The highest BCUT2D eigenvalue weighted by atomic mass is 32.2. The number of ether oxygens (including phenoxy) is 1. The van der Waals surface area contributed by atoms with Gasteiger partial charge in [0.05, 0.1) is 42.1 Å². The van der Waals surface area contributed by atoms with E-state index in [1.54, 1.807) is 47.0 Å². The van der Waals surface area contributed by atoms with E-state index in [9.17, 15) is 18.3 Å². The first-order valence-electron chi connectivity index (χ1n) is 13.2. The fraction of sp³-hybridized carbons (Fsp3) is 0.464. The van der Waals surface area contributed by atoms with Crippen LogP contribution in [0, 0.1) is 5.92 Å². The summed E-state index contributed by atoms with van der Waals surface area (Å²) in [6.45, 7) is 4.72. The largest absolute Gasteiger partial charge is 0.394 e. The van der Waals surface area contributed by atoms with Crippen molar-refractivity contribution in [3.05, 3.63) is 66.5 Å². The third-order valence-electron chi connectivity index (χ3n) is 7.25. The summed E-state index contributed by atoms with van der Waals surface area (Å²) in [7, 11) is -2.26. The monoisotopic (exact) mass is 555 g/mol. The van der Waals surface area contributed by atoms with Crippen molar-refractivity contribution in [2.24, 2.45) is 5.92 Å². The minimum absolute atomic E-state index is 0.0659. The lowest BCUT2D eigenvalue weighted by atomic mass is 10.0.